The van der Waals surface area contributed by atoms with Crippen LogP contribution in [0.4, 0.5) is 11.5 Å². The molecule has 1 heterocycles. The fourth-order valence-electron chi connectivity index (χ4n) is 1.34. The molecule has 0 radical (unpaired) electrons. The maximum atomic E-state index is 10.8. The molecule has 15 heavy (non-hydrogen) atoms. The molecule has 0 saturated heterocycles. The standard InChI is InChI=1S/C10H13N3O2/c1-10(2-3-10)13-8-4-6(9(14)15)7(11)5-12-8/h4-5H,2-3,11H2,1H3,(H,12,13)(H,14,15). The Labute approximate surface area is 87.3 Å². The molecule has 80 valence electrons. The van der Waals surface area contributed by atoms with Gasteiger partial charge in [0.15, 0.2) is 0 Å². The van der Waals surface area contributed by atoms with Crippen LogP contribution in [0, 0.1) is 0 Å². The molecule has 1 aliphatic rings. The van der Waals surface area contributed by atoms with E-state index in [1.54, 1.807) is 0 Å². The van der Waals surface area contributed by atoms with E-state index in [0.29, 0.717) is 5.82 Å². The SMILES string of the molecule is CC1(Nc2cc(C(=O)O)c(N)cn2)CC1. The Hall–Kier alpha value is -1.78. The van der Waals surface area contributed by atoms with Crippen molar-refractivity contribution in [1.82, 2.24) is 4.98 Å². The highest BCUT2D eigenvalue weighted by molar-refractivity contribution is 5.94. The van der Waals surface area contributed by atoms with E-state index in [-0.39, 0.29) is 16.8 Å². The summed E-state index contributed by atoms with van der Waals surface area (Å²) in [4.78, 5) is 14.9. The fourth-order valence-corrected chi connectivity index (χ4v) is 1.34. The number of nitrogens with one attached hydrogen (secondary N) is 1. The highest BCUT2D eigenvalue weighted by Crippen LogP contribution is 2.37. The summed E-state index contributed by atoms with van der Waals surface area (Å²) in [6.07, 6.45) is 3.54. The van der Waals surface area contributed by atoms with Crippen LogP contribution in [0.1, 0.15) is 30.1 Å². The quantitative estimate of drug-likeness (QED) is 0.695. The van der Waals surface area contributed by atoms with Crippen molar-refractivity contribution < 1.29 is 9.90 Å². The molecule has 4 N–H and O–H groups in total. The molecule has 0 bridgehead atoms. The number of carboxylic acids is 1. The zero-order valence-electron chi connectivity index (χ0n) is 8.45. The van der Waals surface area contributed by atoms with E-state index in [4.69, 9.17) is 10.8 Å². The number of hydrogen-bond donors (Lipinski definition) is 3. The minimum absolute atomic E-state index is 0.0822. The lowest BCUT2D eigenvalue weighted by atomic mass is 10.2. The highest BCUT2D eigenvalue weighted by atomic mass is 16.4. The van der Waals surface area contributed by atoms with Crippen LogP contribution >= 0.6 is 0 Å². The molecular formula is C10H13N3O2. The molecule has 1 fully saturated rings. The number of rotatable bonds is 3. The summed E-state index contributed by atoms with van der Waals surface area (Å²) in [5.74, 6) is -0.458. The number of aromatic nitrogens is 1. The molecule has 5 heteroatoms. The van der Waals surface area contributed by atoms with Crippen LogP contribution in [0.2, 0.25) is 0 Å². The molecule has 0 atom stereocenters. The summed E-state index contributed by atoms with van der Waals surface area (Å²) in [6, 6.07) is 1.47. The molecule has 0 spiro atoms. The third kappa shape index (κ3) is 2.01. The van der Waals surface area contributed by atoms with Gasteiger partial charge in [0, 0.05) is 5.54 Å². The van der Waals surface area contributed by atoms with Gasteiger partial charge in [-0.2, -0.15) is 0 Å². The average Bonchev–Trinajstić information content (AvgIpc) is 2.87. The van der Waals surface area contributed by atoms with Gasteiger partial charge in [0.25, 0.3) is 0 Å². The lowest BCUT2D eigenvalue weighted by molar-refractivity contribution is 0.0698. The maximum Gasteiger partial charge on any atom is 0.337 e. The predicted molar refractivity (Wildman–Crippen MR) is 56.9 cm³/mol. The Morgan fingerprint density at radius 3 is 2.87 bits per heavy atom. The lowest BCUT2D eigenvalue weighted by Crippen LogP contribution is -2.17. The molecule has 1 aromatic rings. The first kappa shape index (κ1) is 9.76. The predicted octanol–water partition coefficient (Wildman–Crippen LogP) is 1.33. The minimum atomic E-state index is -1.03. The van der Waals surface area contributed by atoms with Gasteiger partial charge < -0.3 is 16.2 Å². The van der Waals surface area contributed by atoms with Crippen molar-refractivity contribution in [2.45, 2.75) is 25.3 Å². The fraction of sp³-hybridized carbons (Fsp3) is 0.400. The number of carbonyl (C=O) groups is 1. The van der Waals surface area contributed by atoms with Crippen molar-refractivity contribution >= 4 is 17.5 Å². The summed E-state index contributed by atoms with van der Waals surface area (Å²) in [5, 5.41) is 12.1. The van der Waals surface area contributed by atoms with E-state index in [1.807, 2.05) is 0 Å². The molecule has 0 aliphatic heterocycles. The summed E-state index contributed by atoms with van der Waals surface area (Å²) < 4.78 is 0. The summed E-state index contributed by atoms with van der Waals surface area (Å²) in [7, 11) is 0. The van der Waals surface area contributed by atoms with Crippen LogP contribution in [0.5, 0.6) is 0 Å². The van der Waals surface area contributed by atoms with Gasteiger partial charge in [-0.15, -0.1) is 0 Å². The van der Waals surface area contributed by atoms with E-state index in [2.05, 4.69) is 17.2 Å². The van der Waals surface area contributed by atoms with Crippen molar-refractivity contribution in [3.8, 4) is 0 Å². The Morgan fingerprint density at radius 1 is 1.67 bits per heavy atom. The second kappa shape index (κ2) is 3.12. The second-order valence-corrected chi connectivity index (χ2v) is 4.15. The van der Waals surface area contributed by atoms with Gasteiger partial charge in [-0.3, -0.25) is 0 Å². The molecule has 1 aliphatic carbocycles. The molecule has 0 amide bonds. The van der Waals surface area contributed by atoms with E-state index in [1.165, 1.54) is 12.3 Å². The number of anilines is 2. The molecule has 1 aromatic heterocycles. The Morgan fingerprint density at radius 2 is 2.33 bits per heavy atom. The molecular weight excluding hydrogens is 194 g/mol. The normalized spacial score (nSPS) is 17.1. The molecule has 0 unspecified atom stereocenters. The van der Waals surface area contributed by atoms with Crippen LogP contribution in [0.15, 0.2) is 12.3 Å². The van der Waals surface area contributed by atoms with Crippen LogP contribution in [0.25, 0.3) is 0 Å². The Bertz CT molecular complexity index is 413. The first-order valence-electron chi connectivity index (χ1n) is 4.77. The monoisotopic (exact) mass is 207 g/mol. The number of carboxylic acid groups (broad SMARTS) is 1. The number of hydrogen-bond acceptors (Lipinski definition) is 4. The van der Waals surface area contributed by atoms with Crippen LogP contribution in [-0.2, 0) is 0 Å². The van der Waals surface area contributed by atoms with E-state index < -0.39 is 5.97 Å². The molecule has 0 aromatic carbocycles. The Balaban J connectivity index is 2.26. The number of nitrogen functional groups attached to an aromatic ring is 1. The first-order valence-corrected chi connectivity index (χ1v) is 4.77. The van der Waals surface area contributed by atoms with Crippen LogP contribution in [0.3, 0.4) is 0 Å². The maximum absolute atomic E-state index is 10.8. The van der Waals surface area contributed by atoms with Crippen molar-refractivity contribution in [2.24, 2.45) is 0 Å². The number of nitrogens with zero attached hydrogens (tertiary/aromatic N) is 1. The van der Waals surface area contributed by atoms with Gasteiger partial charge >= 0.3 is 5.97 Å². The van der Waals surface area contributed by atoms with Gasteiger partial charge in [0.05, 0.1) is 17.4 Å². The molecule has 5 nitrogen and oxygen atoms in total. The molecule has 1 saturated carbocycles. The van der Waals surface area contributed by atoms with E-state index in [0.717, 1.165) is 12.8 Å². The number of aromatic carboxylic acids is 1. The summed E-state index contributed by atoms with van der Waals surface area (Å²) in [5.41, 5.74) is 5.86. The van der Waals surface area contributed by atoms with Crippen molar-refractivity contribution in [1.29, 1.82) is 0 Å². The average molecular weight is 207 g/mol. The van der Waals surface area contributed by atoms with Crippen LogP contribution in [-0.4, -0.2) is 21.6 Å². The lowest BCUT2D eigenvalue weighted by Gasteiger charge is -2.12. The number of pyridine rings is 1. The van der Waals surface area contributed by atoms with Gasteiger partial charge in [-0.25, -0.2) is 9.78 Å². The smallest absolute Gasteiger partial charge is 0.337 e. The topological polar surface area (TPSA) is 88.2 Å². The highest BCUT2D eigenvalue weighted by Gasteiger charge is 2.37. The zero-order valence-corrected chi connectivity index (χ0v) is 8.45. The first-order chi connectivity index (χ1) is 7.00. The second-order valence-electron chi connectivity index (χ2n) is 4.15. The van der Waals surface area contributed by atoms with Crippen molar-refractivity contribution in [3.63, 3.8) is 0 Å². The minimum Gasteiger partial charge on any atom is -0.478 e. The van der Waals surface area contributed by atoms with Gasteiger partial charge in [0.1, 0.15) is 5.82 Å². The third-order valence-electron chi connectivity index (χ3n) is 2.60. The third-order valence-corrected chi connectivity index (χ3v) is 2.60. The van der Waals surface area contributed by atoms with Crippen molar-refractivity contribution in [2.75, 3.05) is 11.1 Å². The van der Waals surface area contributed by atoms with Crippen LogP contribution < -0.4 is 11.1 Å². The van der Waals surface area contributed by atoms with Gasteiger partial charge in [-0.05, 0) is 25.8 Å². The molecule has 2 rings (SSSR count). The van der Waals surface area contributed by atoms with E-state index in [9.17, 15) is 4.79 Å². The zero-order chi connectivity index (χ0) is 11.1. The number of nitrogens with two attached hydrogens (primary N) is 1. The van der Waals surface area contributed by atoms with E-state index >= 15 is 0 Å². The largest absolute Gasteiger partial charge is 0.478 e. The van der Waals surface area contributed by atoms with Crippen molar-refractivity contribution in [3.05, 3.63) is 17.8 Å². The summed E-state index contributed by atoms with van der Waals surface area (Å²) >= 11 is 0. The van der Waals surface area contributed by atoms with Gasteiger partial charge in [0.2, 0.25) is 0 Å². The van der Waals surface area contributed by atoms with Gasteiger partial charge in [-0.1, -0.05) is 0 Å². The summed E-state index contributed by atoms with van der Waals surface area (Å²) in [6.45, 7) is 2.07. The Kier molecular flexibility index (Phi) is 2.03.